The van der Waals surface area contributed by atoms with Gasteiger partial charge < -0.3 is 10.1 Å². The number of nitrogens with one attached hydrogen (secondary N) is 1. The Bertz CT molecular complexity index is 910. The van der Waals surface area contributed by atoms with E-state index in [1.54, 1.807) is 23.9 Å². The van der Waals surface area contributed by atoms with Gasteiger partial charge in [-0.25, -0.2) is 4.39 Å². The molecule has 120 valence electrons. The van der Waals surface area contributed by atoms with Crippen molar-refractivity contribution in [3.05, 3.63) is 77.6 Å². The number of ether oxygens (including phenoxy) is 1. The molecular formula is C20H16FNOS. The molecule has 2 nitrogen and oxygen atoms in total. The summed E-state index contributed by atoms with van der Waals surface area (Å²) in [5, 5.41) is 3.53. The summed E-state index contributed by atoms with van der Waals surface area (Å²) in [4.78, 5) is 2.41. The average molecular weight is 337 g/mol. The Morgan fingerprint density at radius 3 is 2.67 bits per heavy atom. The van der Waals surface area contributed by atoms with Crippen molar-refractivity contribution < 1.29 is 9.13 Å². The van der Waals surface area contributed by atoms with E-state index < -0.39 is 0 Å². The van der Waals surface area contributed by atoms with Crippen LogP contribution in [-0.2, 0) is 6.42 Å². The summed E-state index contributed by atoms with van der Waals surface area (Å²) in [5.41, 5.74) is 4.30. The molecule has 1 aliphatic rings. The summed E-state index contributed by atoms with van der Waals surface area (Å²) >= 11 is 1.76. The summed E-state index contributed by atoms with van der Waals surface area (Å²) in [7, 11) is 1.48. The summed E-state index contributed by atoms with van der Waals surface area (Å²) < 4.78 is 18.9. The maximum absolute atomic E-state index is 13.9. The van der Waals surface area contributed by atoms with Crippen LogP contribution in [-0.4, -0.2) is 7.11 Å². The van der Waals surface area contributed by atoms with Gasteiger partial charge in [-0.05, 0) is 47.9 Å². The van der Waals surface area contributed by atoms with Crippen molar-refractivity contribution in [2.75, 3.05) is 12.4 Å². The molecule has 0 unspecified atom stereocenters. The van der Waals surface area contributed by atoms with Crippen LogP contribution in [0, 0.1) is 5.82 Å². The predicted octanol–water partition coefficient (Wildman–Crippen LogP) is 5.63. The largest absolute Gasteiger partial charge is 0.494 e. The van der Waals surface area contributed by atoms with Gasteiger partial charge >= 0.3 is 0 Å². The number of hydrogen-bond donors (Lipinski definition) is 1. The van der Waals surface area contributed by atoms with Crippen molar-refractivity contribution >= 4 is 23.1 Å². The van der Waals surface area contributed by atoms with Crippen LogP contribution in [0.1, 0.15) is 11.1 Å². The zero-order valence-electron chi connectivity index (χ0n) is 13.2. The Hall–Kier alpha value is -2.46. The molecule has 0 radical (unpaired) electrons. The van der Waals surface area contributed by atoms with E-state index >= 15 is 0 Å². The molecule has 0 saturated heterocycles. The maximum Gasteiger partial charge on any atom is 0.165 e. The number of methoxy groups -OCH3 is 1. The van der Waals surface area contributed by atoms with Gasteiger partial charge in [0.1, 0.15) is 0 Å². The smallest absolute Gasteiger partial charge is 0.165 e. The minimum absolute atomic E-state index is 0.274. The van der Waals surface area contributed by atoms with Crippen molar-refractivity contribution in [1.29, 1.82) is 0 Å². The second kappa shape index (κ2) is 6.21. The highest BCUT2D eigenvalue weighted by Crippen LogP contribution is 2.45. The predicted molar refractivity (Wildman–Crippen MR) is 96.0 cm³/mol. The molecule has 3 aromatic rings. The lowest BCUT2D eigenvalue weighted by Crippen LogP contribution is -2.04. The molecule has 0 saturated carbocycles. The number of halogens is 1. The van der Waals surface area contributed by atoms with E-state index in [1.165, 1.54) is 16.9 Å². The van der Waals surface area contributed by atoms with Gasteiger partial charge in [0.25, 0.3) is 0 Å². The Morgan fingerprint density at radius 1 is 1.00 bits per heavy atom. The fourth-order valence-corrected chi connectivity index (χ4v) is 3.95. The van der Waals surface area contributed by atoms with Crippen LogP contribution < -0.4 is 10.1 Å². The maximum atomic E-state index is 13.9. The Kier molecular flexibility index (Phi) is 3.90. The summed E-state index contributed by atoms with van der Waals surface area (Å²) in [5.74, 6) is -0.0519. The lowest BCUT2D eigenvalue weighted by Gasteiger charge is -2.23. The number of fused-ring (bicyclic) bond motifs is 2. The lowest BCUT2D eigenvalue weighted by molar-refractivity contribution is 0.386. The molecule has 4 rings (SSSR count). The molecule has 0 amide bonds. The van der Waals surface area contributed by atoms with Gasteiger partial charge in [-0.3, -0.25) is 0 Å². The molecule has 3 aromatic carbocycles. The summed E-state index contributed by atoms with van der Waals surface area (Å²) in [6, 6.07) is 19.6. The quantitative estimate of drug-likeness (QED) is 0.523. The molecule has 24 heavy (non-hydrogen) atoms. The first-order valence-electron chi connectivity index (χ1n) is 7.73. The number of hydrogen-bond acceptors (Lipinski definition) is 3. The first kappa shape index (κ1) is 15.1. The molecular weight excluding hydrogens is 321 g/mol. The van der Waals surface area contributed by atoms with Crippen LogP contribution in [0.5, 0.6) is 5.75 Å². The Labute approximate surface area is 144 Å². The fourth-order valence-electron chi connectivity index (χ4n) is 2.90. The third-order valence-corrected chi connectivity index (χ3v) is 5.23. The monoisotopic (exact) mass is 337 g/mol. The van der Waals surface area contributed by atoms with Gasteiger partial charge in [0, 0.05) is 9.79 Å². The second-order valence-corrected chi connectivity index (χ2v) is 6.74. The lowest BCUT2D eigenvalue weighted by atomic mass is 10.0. The number of para-hydroxylation sites is 2. The summed E-state index contributed by atoms with van der Waals surface area (Å²) in [6.07, 6.45) is 0.666. The molecule has 4 heteroatoms. The van der Waals surface area contributed by atoms with Crippen LogP contribution >= 0.6 is 11.8 Å². The molecule has 1 N–H and O–H groups in total. The van der Waals surface area contributed by atoms with E-state index in [-0.39, 0.29) is 11.6 Å². The highest BCUT2D eigenvalue weighted by molar-refractivity contribution is 7.99. The van der Waals surface area contributed by atoms with Crippen molar-refractivity contribution in [2.45, 2.75) is 16.2 Å². The summed E-state index contributed by atoms with van der Waals surface area (Å²) in [6.45, 7) is 0. The molecule has 1 aliphatic heterocycles. The SMILES string of the molecule is COc1ccc(Cc2cccc3c2Nc2ccccc2S3)cc1F. The first-order valence-corrected chi connectivity index (χ1v) is 8.54. The topological polar surface area (TPSA) is 21.3 Å². The van der Waals surface area contributed by atoms with E-state index in [4.69, 9.17) is 4.74 Å². The van der Waals surface area contributed by atoms with E-state index in [2.05, 4.69) is 35.6 Å². The average Bonchev–Trinajstić information content (AvgIpc) is 2.61. The zero-order chi connectivity index (χ0) is 16.5. The van der Waals surface area contributed by atoms with E-state index in [0.29, 0.717) is 6.42 Å². The molecule has 0 aliphatic carbocycles. The first-order chi connectivity index (χ1) is 11.7. The van der Waals surface area contributed by atoms with Crippen LogP contribution in [0.3, 0.4) is 0 Å². The minimum atomic E-state index is -0.326. The normalized spacial score (nSPS) is 12.1. The third kappa shape index (κ3) is 2.74. The van der Waals surface area contributed by atoms with Gasteiger partial charge in [-0.2, -0.15) is 0 Å². The van der Waals surface area contributed by atoms with Crippen LogP contribution in [0.15, 0.2) is 70.5 Å². The number of rotatable bonds is 3. The zero-order valence-corrected chi connectivity index (χ0v) is 14.0. The van der Waals surface area contributed by atoms with Crippen molar-refractivity contribution in [3.8, 4) is 5.75 Å². The highest BCUT2D eigenvalue weighted by atomic mass is 32.2. The van der Waals surface area contributed by atoms with Gasteiger partial charge in [0.05, 0.1) is 18.5 Å². The van der Waals surface area contributed by atoms with Gasteiger partial charge in [0.15, 0.2) is 11.6 Å². The van der Waals surface area contributed by atoms with Crippen molar-refractivity contribution in [1.82, 2.24) is 0 Å². The molecule has 0 spiro atoms. The number of anilines is 2. The second-order valence-electron chi connectivity index (χ2n) is 5.66. The molecule has 0 bridgehead atoms. The standard InChI is InChI=1S/C20H16FNOS/c1-23-17-10-9-13(12-15(17)21)11-14-5-4-8-19-20(14)22-16-6-2-3-7-18(16)24-19/h2-10,12,22H,11H2,1H3. The van der Waals surface area contributed by atoms with Crippen LogP contribution in [0.2, 0.25) is 0 Å². The van der Waals surface area contributed by atoms with Crippen LogP contribution in [0.4, 0.5) is 15.8 Å². The van der Waals surface area contributed by atoms with Gasteiger partial charge in [-0.15, -0.1) is 0 Å². The van der Waals surface area contributed by atoms with Gasteiger partial charge in [-0.1, -0.05) is 42.1 Å². The molecule has 0 fully saturated rings. The molecule has 0 aromatic heterocycles. The Balaban J connectivity index is 1.68. The minimum Gasteiger partial charge on any atom is -0.494 e. The molecule has 0 atom stereocenters. The van der Waals surface area contributed by atoms with E-state index in [9.17, 15) is 4.39 Å². The third-order valence-electron chi connectivity index (χ3n) is 4.09. The van der Waals surface area contributed by atoms with Crippen molar-refractivity contribution in [3.63, 3.8) is 0 Å². The fraction of sp³-hybridized carbons (Fsp3) is 0.100. The van der Waals surface area contributed by atoms with Crippen molar-refractivity contribution in [2.24, 2.45) is 0 Å². The molecule has 1 heterocycles. The number of benzene rings is 3. The van der Waals surface area contributed by atoms with Crippen LogP contribution in [0.25, 0.3) is 0 Å². The van der Waals surface area contributed by atoms with Gasteiger partial charge in [0.2, 0.25) is 0 Å². The highest BCUT2D eigenvalue weighted by Gasteiger charge is 2.18. The van der Waals surface area contributed by atoms with E-state index in [1.807, 2.05) is 18.2 Å². The van der Waals surface area contributed by atoms with E-state index in [0.717, 1.165) is 22.5 Å². The Morgan fingerprint density at radius 2 is 1.83 bits per heavy atom.